The number of pyridine rings is 2. The Morgan fingerprint density at radius 3 is 2.15 bits per heavy atom. The summed E-state index contributed by atoms with van der Waals surface area (Å²) in [4.78, 5) is 17.4. The van der Waals surface area contributed by atoms with Crippen LogP contribution in [0, 0.1) is 6.92 Å². The van der Waals surface area contributed by atoms with E-state index in [9.17, 15) is 8.42 Å². The maximum absolute atomic E-state index is 14.2. The van der Waals surface area contributed by atoms with E-state index in [4.69, 9.17) is 18.9 Å². The minimum absolute atomic E-state index is 0.0123. The molecule has 4 aromatic rings. The molecule has 11 nitrogen and oxygen atoms in total. The summed E-state index contributed by atoms with van der Waals surface area (Å²) < 4.78 is 52.4. The standard InChI is InChI=1S/C27H29N5O6S/c1-18-11-12-22(29-17-18)39(33,34)32(27(2,3)37-6)25-23(38-21-10-8-7-9-20(21)35-4)26(36-5)31-24(30-25)19-13-15-28-16-14-19/h7-17H,1-6H3. The van der Waals surface area contributed by atoms with Crippen LogP contribution < -0.4 is 18.5 Å². The quantitative estimate of drug-likeness (QED) is 0.258. The number of para-hydroxylation sites is 2. The number of aryl methyl sites for hydroxylation is 1. The number of hydrogen-bond acceptors (Lipinski definition) is 10. The Balaban J connectivity index is 2.06. The predicted molar refractivity (Wildman–Crippen MR) is 145 cm³/mol. The van der Waals surface area contributed by atoms with E-state index in [0.717, 1.165) is 9.87 Å². The van der Waals surface area contributed by atoms with Gasteiger partial charge in [0.05, 0.1) is 14.2 Å². The average Bonchev–Trinajstić information content (AvgIpc) is 2.94. The molecule has 39 heavy (non-hydrogen) atoms. The SMILES string of the molecule is COc1ccccc1Oc1c(OC)nc(-c2ccncc2)nc1N(C(C)(C)OC)S(=O)(=O)c1ccc(C)cn1. The van der Waals surface area contributed by atoms with Crippen molar-refractivity contribution in [3.05, 3.63) is 72.7 Å². The lowest BCUT2D eigenvalue weighted by Crippen LogP contribution is -2.50. The van der Waals surface area contributed by atoms with Crippen molar-refractivity contribution < 1.29 is 27.4 Å². The Hall–Kier alpha value is -4.29. The highest BCUT2D eigenvalue weighted by atomic mass is 32.2. The first kappa shape index (κ1) is 27.7. The fourth-order valence-corrected chi connectivity index (χ4v) is 5.29. The van der Waals surface area contributed by atoms with Gasteiger partial charge in [0.15, 0.2) is 33.9 Å². The minimum Gasteiger partial charge on any atom is -0.493 e. The van der Waals surface area contributed by atoms with Gasteiger partial charge in [-0.3, -0.25) is 4.98 Å². The Bertz CT molecular complexity index is 1550. The highest BCUT2D eigenvalue weighted by Crippen LogP contribution is 2.45. The lowest BCUT2D eigenvalue weighted by atomic mass is 10.2. The van der Waals surface area contributed by atoms with Gasteiger partial charge in [-0.15, -0.1) is 0 Å². The number of sulfonamides is 1. The second-order valence-electron chi connectivity index (χ2n) is 8.79. The zero-order chi connectivity index (χ0) is 28.2. The van der Waals surface area contributed by atoms with Crippen LogP contribution in [-0.2, 0) is 14.8 Å². The topological polar surface area (TPSA) is 126 Å². The van der Waals surface area contributed by atoms with E-state index in [2.05, 4.69) is 19.9 Å². The van der Waals surface area contributed by atoms with Crippen molar-refractivity contribution >= 4 is 15.8 Å². The van der Waals surface area contributed by atoms with Gasteiger partial charge in [-0.05, 0) is 56.7 Å². The number of benzene rings is 1. The van der Waals surface area contributed by atoms with E-state index in [-0.39, 0.29) is 28.3 Å². The van der Waals surface area contributed by atoms with Crippen molar-refractivity contribution in [2.75, 3.05) is 25.6 Å². The molecule has 4 rings (SSSR count). The molecule has 0 bridgehead atoms. The van der Waals surface area contributed by atoms with E-state index in [1.165, 1.54) is 33.6 Å². The number of rotatable bonds is 10. The normalized spacial score (nSPS) is 11.6. The maximum Gasteiger partial charge on any atom is 0.285 e. The van der Waals surface area contributed by atoms with Crippen molar-refractivity contribution in [3.8, 4) is 34.5 Å². The Labute approximate surface area is 227 Å². The number of ether oxygens (including phenoxy) is 4. The Kier molecular flexibility index (Phi) is 7.98. The molecule has 0 unspecified atom stereocenters. The number of nitrogens with zero attached hydrogens (tertiary/aromatic N) is 5. The van der Waals surface area contributed by atoms with Gasteiger partial charge in [-0.2, -0.15) is 13.4 Å². The lowest BCUT2D eigenvalue weighted by Gasteiger charge is -2.37. The van der Waals surface area contributed by atoms with Gasteiger partial charge in [0.1, 0.15) is 0 Å². The van der Waals surface area contributed by atoms with Crippen LogP contribution in [0.5, 0.6) is 23.1 Å². The van der Waals surface area contributed by atoms with Crippen LogP contribution in [0.2, 0.25) is 0 Å². The number of anilines is 1. The first-order valence-corrected chi connectivity index (χ1v) is 13.3. The van der Waals surface area contributed by atoms with Crippen LogP contribution >= 0.6 is 0 Å². The molecule has 0 aliphatic rings. The molecule has 0 saturated carbocycles. The number of aromatic nitrogens is 4. The Morgan fingerprint density at radius 1 is 0.872 bits per heavy atom. The molecule has 0 amide bonds. The molecule has 0 aliphatic carbocycles. The van der Waals surface area contributed by atoms with Crippen molar-refractivity contribution in [2.45, 2.75) is 31.5 Å². The van der Waals surface area contributed by atoms with E-state index in [1.54, 1.807) is 68.7 Å². The fraction of sp³-hybridized carbons (Fsp3) is 0.259. The second-order valence-corrected chi connectivity index (χ2v) is 10.5. The van der Waals surface area contributed by atoms with Crippen LogP contribution in [0.25, 0.3) is 11.4 Å². The number of methoxy groups -OCH3 is 3. The molecule has 1 aromatic carbocycles. The van der Waals surface area contributed by atoms with Gasteiger partial charge in [0.2, 0.25) is 5.75 Å². The molecule has 204 valence electrons. The third kappa shape index (κ3) is 5.61. The molecule has 0 fully saturated rings. The molecule has 0 aliphatic heterocycles. The summed E-state index contributed by atoms with van der Waals surface area (Å²) >= 11 is 0. The summed E-state index contributed by atoms with van der Waals surface area (Å²) in [5, 5.41) is -0.204. The predicted octanol–water partition coefficient (Wildman–Crippen LogP) is 4.63. The molecule has 0 N–H and O–H groups in total. The van der Waals surface area contributed by atoms with Crippen LogP contribution in [0.4, 0.5) is 5.82 Å². The first-order chi connectivity index (χ1) is 18.6. The summed E-state index contributed by atoms with van der Waals surface area (Å²) in [6.45, 7) is 4.99. The summed E-state index contributed by atoms with van der Waals surface area (Å²) in [5.74, 6) is 0.668. The molecule has 0 radical (unpaired) electrons. The molecular formula is C27H29N5O6S. The van der Waals surface area contributed by atoms with E-state index in [1.807, 2.05) is 6.92 Å². The average molecular weight is 552 g/mol. The Morgan fingerprint density at radius 2 is 1.56 bits per heavy atom. The highest BCUT2D eigenvalue weighted by molar-refractivity contribution is 7.92. The maximum atomic E-state index is 14.2. The second kappa shape index (κ2) is 11.2. The zero-order valence-corrected chi connectivity index (χ0v) is 23.3. The summed E-state index contributed by atoms with van der Waals surface area (Å²) in [6, 6.07) is 13.4. The van der Waals surface area contributed by atoms with Gasteiger partial charge >= 0.3 is 0 Å². The van der Waals surface area contributed by atoms with Crippen molar-refractivity contribution in [1.29, 1.82) is 0 Å². The monoisotopic (exact) mass is 551 g/mol. The third-order valence-electron chi connectivity index (χ3n) is 5.80. The van der Waals surface area contributed by atoms with Crippen LogP contribution in [0.15, 0.2) is 72.1 Å². The number of hydrogen-bond donors (Lipinski definition) is 0. The summed E-state index contributed by atoms with van der Waals surface area (Å²) in [5.41, 5.74) is -0.0797. The first-order valence-electron chi connectivity index (χ1n) is 11.8. The molecule has 3 aromatic heterocycles. The van der Waals surface area contributed by atoms with E-state index < -0.39 is 15.7 Å². The van der Waals surface area contributed by atoms with E-state index >= 15 is 0 Å². The molecule has 0 atom stereocenters. The van der Waals surface area contributed by atoms with Gasteiger partial charge in [0.25, 0.3) is 15.9 Å². The van der Waals surface area contributed by atoms with Crippen LogP contribution in [0.3, 0.4) is 0 Å². The molecular weight excluding hydrogens is 522 g/mol. The van der Waals surface area contributed by atoms with Crippen LogP contribution in [0.1, 0.15) is 19.4 Å². The molecule has 3 heterocycles. The van der Waals surface area contributed by atoms with Crippen molar-refractivity contribution in [2.24, 2.45) is 0 Å². The third-order valence-corrected chi connectivity index (χ3v) is 7.66. The summed E-state index contributed by atoms with van der Waals surface area (Å²) in [7, 11) is -0.0710. The van der Waals surface area contributed by atoms with Gasteiger partial charge in [-0.1, -0.05) is 18.2 Å². The molecule has 12 heteroatoms. The van der Waals surface area contributed by atoms with Crippen molar-refractivity contribution in [3.63, 3.8) is 0 Å². The largest absolute Gasteiger partial charge is 0.493 e. The lowest BCUT2D eigenvalue weighted by molar-refractivity contribution is 0.0327. The highest BCUT2D eigenvalue weighted by Gasteiger charge is 2.43. The van der Waals surface area contributed by atoms with Gasteiger partial charge in [-0.25, -0.2) is 14.3 Å². The smallest absolute Gasteiger partial charge is 0.285 e. The zero-order valence-electron chi connectivity index (χ0n) is 22.4. The van der Waals surface area contributed by atoms with Gasteiger partial charge in [0, 0.05) is 31.3 Å². The van der Waals surface area contributed by atoms with Gasteiger partial charge < -0.3 is 18.9 Å². The van der Waals surface area contributed by atoms with Crippen molar-refractivity contribution in [1.82, 2.24) is 19.9 Å². The van der Waals surface area contributed by atoms with E-state index in [0.29, 0.717) is 17.1 Å². The minimum atomic E-state index is -4.37. The fourth-order valence-electron chi connectivity index (χ4n) is 3.67. The molecule has 0 spiro atoms. The summed E-state index contributed by atoms with van der Waals surface area (Å²) in [6.07, 6.45) is 4.63. The van der Waals surface area contributed by atoms with Crippen LogP contribution in [-0.4, -0.2) is 55.4 Å². The molecule has 0 saturated heterocycles.